The van der Waals surface area contributed by atoms with Gasteiger partial charge in [0.15, 0.2) is 0 Å². The van der Waals surface area contributed by atoms with Gasteiger partial charge in [-0.05, 0) is 12.1 Å². The van der Waals surface area contributed by atoms with Crippen LogP contribution in [0.15, 0.2) is 30.7 Å². The second-order valence-corrected chi connectivity index (χ2v) is 4.06. The fraction of sp³-hybridized carbons (Fsp3) is 0.182. The number of halogens is 1. The Bertz CT molecular complexity index is 512. The Labute approximate surface area is 103 Å². The Kier molecular flexibility index (Phi) is 3.39. The van der Waals surface area contributed by atoms with Crippen LogP contribution >= 0.6 is 11.6 Å². The lowest BCUT2D eigenvalue weighted by molar-refractivity contribution is 0.0779. The summed E-state index contributed by atoms with van der Waals surface area (Å²) in [6.45, 7) is 0.476. The molecule has 0 spiro atoms. The third-order valence-corrected chi connectivity index (χ3v) is 2.50. The first kappa shape index (κ1) is 11.6. The van der Waals surface area contributed by atoms with Gasteiger partial charge in [0.1, 0.15) is 5.69 Å². The molecule has 5 nitrogen and oxygen atoms in total. The molecule has 0 aliphatic heterocycles. The van der Waals surface area contributed by atoms with Crippen molar-refractivity contribution in [3.8, 4) is 0 Å². The molecule has 2 aromatic heterocycles. The SMILES string of the molecule is CN(Cc1cn[nH]c1)C(=O)c1cc(Cl)ccn1. The molecule has 0 saturated carbocycles. The van der Waals surface area contributed by atoms with Gasteiger partial charge in [0.05, 0.1) is 6.20 Å². The summed E-state index contributed by atoms with van der Waals surface area (Å²) >= 11 is 5.81. The lowest BCUT2D eigenvalue weighted by Crippen LogP contribution is -2.26. The fourth-order valence-electron chi connectivity index (χ4n) is 1.43. The molecule has 0 aliphatic carbocycles. The number of nitrogens with one attached hydrogen (secondary N) is 1. The van der Waals surface area contributed by atoms with Gasteiger partial charge in [-0.3, -0.25) is 14.9 Å². The average Bonchev–Trinajstić information content (AvgIpc) is 2.80. The van der Waals surface area contributed by atoms with Crippen LogP contribution in [-0.2, 0) is 6.54 Å². The van der Waals surface area contributed by atoms with Gasteiger partial charge in [-0.25, -0.2) is 0 Å². The Morgan fingerprint density at radius 2 is 2.41 bits per heavy atom. The highest BCUT2D eigenvalue weighted by atomic mass is 35.5. The Balaban J connectivity index is 2.09. The molecular weight excluding hydrogens is 240 g/mol. The fourth-order valence-corrected chi connectivity index (χ4v) is 1.59. The van der Waals surface area contributed by atoms with Gasteiger partial charge in [-0.1, -0.05) is 11.6 Å². The van der Waals surface area contributed by atoms with Gasteiger partial charge >= 0.3 is 0 Å². The van der Waals surface area contributed by atoms with E-state index < -0.39 is 0 Å². The van der Waals surface area contributed by atoms with Crippen molar-refractivity contribution in [3.05, 3.63) is 47.0 Å². The molecule has 0 atom stereocenters. The van der Waals surface area contributed by atoms with E-state index >= 15 is 0 Å². The van der Waals surface area contributed by atoms with E-state index in [2.05, 4.69) is 15.2 Å². The van der Waals surface area contributed by atoms with Crippen molar-refractivity contribution < 1.29 is 4.79 Å². The first-order chi connectivity index (χ1) is 8.16. The number of nitrogens with zero attached hydrogens (tertiary/aromatic N) is 3. The molecule has 0 bridgehead atoms. The second-order valence-electron chi connectivity index (χ2n) is 3.63. The van der Waals surface area contributed by atoms with Crippen LogP contribution in [-0.4, -0.2) is 33.0 Å². The van der Waals surface area contributed by atoms with Crippen molar-refractivity contribution in [2.75, 3.05) is 7.05 Å². The summed E-state index contributed by atoms with van der Waals surface area (Å²) in [5.41, 5.74) is 1.27. The molecule has 0 aliphatic rings. The Morgan fingerprint density at radius 3 is 3.06 bits per heavy atom. The molecule has 0 radical (unpaired) electrons. The number of carbonyl (C=O) groups is 1. The molecule has 2 rings (SSSR count). The van der Waals surface area contributed by atoms with Crippen LogP contribution in [0, 0.1) is 0 Å². The summed E-state index contributed by atoms with van der Waals surface area (Å²) in [7, 11) is 1.71. The van der Waals surface area contributed by atoms with E-state index in [-0.39, 0.29) is 5.91 Å². The van der Waals surface area contributed by atoms with Gasteiger partial charge in [0.2, 0.25) is 0 Å². The summed E-state index contributed by atoms with van der Waals surface area (Å²) < 4.78 is 0. The highest BCUT2D eigenvalue weighted by molar-refractivity contribution is 6.30. The van der Waals surface area contributed by atoms with E-state index in [0.29, 0.717) is 17.3 Å². The number of carbonyl (C=O) groups excluding carboxylic acids is 1. The summed E-state index contributed by atoms with van der Waals surface area (Å²) in [5.74, 6) is -0.172. The van der Waals surface area contributed by atoms with Crippen LogP contribution in [0.25, 0.3) is 0 Å². The molecule has 2 aromatic rings. The number of H-pyrrole nitrogens is 1. The third kappa shape index (κ3) is 2.82. The van der Waals surface area contributed by atoms with E-state index in [4.69, 9.17) is 11.6 Å². The smallest absolute Gasteiger partial charge is 0.272 e. The van der Waals surface area contributed by atoms with Crippen molar-refractivity contribution in [3.63, 3.8) is 0 Å². The second kappa shape index (κ2) is 4.97. The van der Waals surface area contributed by atoms with E-state index in [0.717, 1.165) is 5.56 Å². The number of hydrogen-bond acceptors (Lipinski definition) is 3. The minimum atomic E-state index is -0.172. The molecule has 0 fully saturated rings. The van der Waals surface area contributed by atoms with Crippen LogP contribution in [0.1, 0.15) is 16.1 Å². The van der Waals surface area contributed by atoms with Gasteiger partial charge in [0.25, 0.3) is 5.91 Å². The maximum atomic E-state index is 12.0. The lowest BCUT2D eigenvalue weighted by Gasteiger charge is -2.15. The van der Waals surface area contributed by atoms with Crippen molar-refractivity contribution in [1.82, 2.24) is 20.1 Å². The molecule has 0 aromatic carbocycles. The zero-order valence-electron chi connectivity index (χ0n) is 9.22. The molecule has 88 valence electrons. The zero-order valence-corrected chi connectivity index (χ0v) is 9.98. The number of amides is 1. The summed E-state index contributed by atoms with van der Waals surface area (Å²) in [6.07, 6.45) is 4.94. The molecule has 2 heterocycles. The molecule has 0 unspecified atom stereocenters. The van der Waals surface area contributed by atoms with E-state index in [1.165, 1.54) is 6.20 Å². The van der Waals surface area contributed by atoms with Gasteiger partial charge < -0.3 is 4.90 Å². The molecule has 1 N–H and O–H groups in total. The molecular formula is C11H11ClN4O. The van der Waals surface area contributed by atoms with Crippen LogP contribution in [0.2, 0.25) is 5.02 Å². The monoisotopic (exact) mass is 250 g/mol. The largest absolute Gasteiger partial charge is 0.336 e. The number of hydrogen-bond donors (Lipinski definition) is 1. The predicted octanol–water partition coefficient (Wildman–Crippen LogP) is 1.73. The third-order valence-electron chi connectivity index (χ3n) is 2.26. The van der Waals surface area contributed by atoms with E-state index in [9.17, 15) is 4.79 Å². The average molecular weight is 251 g/mol. The van der Waals surface area contributed by atoms with Crippen molar-refractivity contribution in [2.45, 2.75) is 6.54 Å². The van der Waals surface area contributed by atoms with Crippen molar-refractivity contribution in [2.24, 2.45) is 0 Å². The van der Waals surface area contributed by atoms with Crippen molar-refractivity contribution in [1.29, 1.82) is 0 Å². The number of rotatable bonds is 3. The predicted molar refractivity (Wildman–Crippen MR) is 63.6 cm³/mol. The van der Waals surface area contributed by atoms with E-state index in [1.54, 1.807) is 36.5 Å². The van der Waals surface area contributed by atoms with Crippen LogP contribution in [0.4, 0.5) is 0 Å². The van der Waals surface area contributed by atoms with Crippen LogP contribution in [0.3, 0.4) is 0 Å². The minimum absolute atomic E-state index is 0.172. The number of aromatic nitrogens is 3. The van der Waals surface area contributed by atoms with Gasteiger partial charge in [-0.2, -0.15) is 5.10 Å². The summed E-state index contributed by atoms with van der Waals surface area (Å²) in [4.78, 5) is 17.5. The maximum absolute atomic E-state index is 12.0. The Hall–Kier alpha value is -1.88. The maximum Gasteiger partial charge on any atom is 0.272 e. The summed E-state index contributed by atoms with van der Waals surface area (Å²) in [6, 6.07) is 3.18. The summed E-state index contributed by atoms with van der Waals surface area (Å²) in [5, 5.41) is 7.02. The zero-order chi connectivity index (χ0) is 12.3. The molecule has 17 heavy (non-hydrogen) atoms. The normalized spacial score (nSPS) is 10.2. The first-order valence-corrected chi connectivity index (χ1v) is 5.39. The molecule has 6 heteroatoms. The van der Waals surface area contributed by atoms with Crippen molar-refractivity contribution >= 4 is 17.5 Å². The van der Waals surface area contributed by atoms with Gasteiger partial charge in [0, 0.05) is 36.6 Å². The standard InChI is InChI=1S/C11H11ClN4O/c1-16(7-8-5-14-15-6-8)11(17)10-4-9(12)2-3-13-10/h2-6H,7H2,1H3,(H,14,15). The number of pyridine rings is 1. The van der Waals surface area contributed by atoms with E-state index in [1.807, 2.05) is 0 Å². The van der Waals surface area contributed by atoms with Gasteiger partial charge in [-0.15, -0.1) is 0 Å². The topological polar surface area (TPSA) is 61.9 Å². The Morgan fingerprint density at radius 1 is 1.59 bits per heavy atom. The quantitative estimate of drug-likeness (QED) is 0.902. The first-order valence-electron chi connectivity index (χ1n) is 5.01. The van der Waals surface area contributed by atoms with Crippen LogP contribution < -0.4 is 0 Å². The molecule has 1 amide bonds. The minimum Gasteiger partial charge on any atom is -0.336 e. The number of aromatic amines is 1. The highest BCUT2D eigenvalue weighted by Crippen LogP contribution is 2.10. The lowest BCUT2D eigenvalue weighted by atomic mass is 10.3. The van der Waals surface area contributed by atoms with Crippen LogP contribution in [0.5, 0.6) is 0 Å². The molecule has 0 saturated heterocycles. The highest BCUT2D eigenvalue weighted by Gasteiger charge is 2.13.